The second-order valence-electron chi connectivity index (χ2n) is 3.97. The van der Waals surface area contributed by atoms with Crippen LogP contribution in [0.5, 0.6) is 0 Å². The predicted molar refractivity (Wildman–Crippen MR) is 75.7 cm³/mol. The Bertz CT molecular complexity index is 703. The van der Waals surface area contributed by atoms with E-state index in [1.54, 1.807) is 25.4 Å². The molecule has 1 aromatic carbocycles. The molecule has 0 amide bonds. The van der Waals surface area contributed by atoms with Crippen molar-refractivity contribution < 1.29 is 0 Å². The van der Waals surface area contributed by atoms with Gasteiger partial charge in [0.05, 0.1) is 23.5 Å². The SMILES string of the molecule is Cn1ncc(NCc2cccc(C#N)c2)c(Br)c1=O. The van der Waals surface area contributed by atoms with Crippen molar-refractivity contribution in [2.45, 2.75) is 6.54 Å². The molecule has 0 aliphatic rings. The fourth-order valence-electron chi connectivity index (χ4n) is 1.58. The zero-order valence-corrected chi connectivity index (χ0v) is 11.8. The van der Waals surface area contributed by atoms with Crippen molar-refractivity contribution in [3.05, 3.63) is 56.4 Å². The molecular formula is C13H11BrN4O. The number of nitrogens with one attached hydrogen (secondary N) is 1. The standard InChI is InChI=1S/C13H11BrN4O/c1-18-13(19)12(14)11(8-17-18)16-7-10-4-2-3-9(5-10)6-15/h2-5,8,16H,7H2,1H3. The molecule has 0 spiro atoms. The van der Waals surface area contributed by atoms with Crippen LogP contribution in [-0.2, 0) is 13.6 Å². The summed E-state index contributed by atoms with van der Waals surface area (Å²) >= 11 is 3.24. The summed E-state index contributed by atoms with van der Waals surface area (Å²) in [4.78, 5) is 11.7. The van der Waals surface area contributed by atoms with Crippen molar-refractivity contribution in [2.75, 3.05) is 5.32 Å². The minimum absolute atomic E-state index is 0.198. The van der Waals surface area contributed by atoms with Gasteiger partial charge in [0.2, 0.25) is 0 Å². The maximum Gasteiger partial charge on any atom is 0.282 e. The molecule has 0 atom stereocenters. The Balaban J connectivity index is 2.17. The Hall–Kier alpha value is -2.13. The molecule has 19 heavy (non-hydrogen) atoms. The van der Waals surface area contributed by atoms with Crippen molar-refractivity contribution >= 4 is 21.6 Å². The molecule has 0 bridgehead atoms. The van der Waals surface area contributed by atoms with Crippen LogP contribution in [0.25, 0.3) is 0 Å². The number of aromatic nitrogens is 2. The van der Waals surface area contributed by atoms with Gasteiger partial charge in [0, 0.05) is 13.6 Å². The number of rotatable bonds is 3. The van der Waals surface area contributed by atoms with Gasteiger partial charge in [-0.3, -0.25) is 4.79 Å². The lowest BCUT2D eigenvalue weighted by molar-refractivity contribution is 0.703. The van der Waals surface area contributed by atoms with Crippen molar-refractivity contribution in [1.29, 1.82) is 5.26 Å². The monoisotopic (exact) mass is 318 g/mol. The topological polar surface area (TPSA) is 70.7 Å². The molecule has 0 fully saturated rings. The molecule has 0 saturated carbocycles. The highest BCUT2D eigenvalue weighted by Gasteiger charge is 2.06. The smallest absolute Gasteiger partial charge is 0.282 e. The van der Waals surface area contributed by atoms with Gasteiger partial charge >= 0.3 is 0 Å². The molecule has 0 radical (unpaired) electrons. The number of benzene rings is 1. The van der Waals surface area contributed by atoms with Crippen LogP contribution in [0.1, 0.15) is 11.1 Å². The average Bonchev–Trinajstić information content (AvgIpc) is 2.44. The minimum Gasteiger partial charge on any atom is -0.379 e. The molecular weight excluding hydrogens is 308 g/mol. The molecule has 1 heterocycles. The summed E-state index contributed by atoms with van der Waals surface area (Å²) in [6, 6.07) is 9.38. The van der Waals surface area contributed by atoms with Gasteiger partial charge in [0.25, 0.3) is 5.56 Å². The number of nitrogens with zero attached hydrogens (tertiary/aromatic N) is 3. The maximum absolute atomic E-state index is 11.7. The minimum atomic E-state index is -0.198. The molecule has 2 aromatic rings. The second-order valence-corrected chi connectivity index (χ2v) is 4.76. The van der Waals surface area contributed by atoms with Gasteiger partial charge in [-0.05, 0) is 33.6 Å². The zero-order chi connectivity index (χ0) is 13.8. The van der Waals surface area contributed by atoms with Crippen LogP contribution in [0.3, 0.4) is 0 Å². The third-order valence-corrected chi connectivity index (χ3v) is 3.38. The van der Waals surface area contributed by atoms with E-state index < -0.39 is 0 Å². The quantitative estimate of drug-likeness (QED) is 0.940. The van der Waals surface area contributed by atoms with Gasteiger partial charge in [-0.25, -0.2) is 4.68 Å². The van der Waals surface area contributed by atoms with E-state index >= 15 is 0 Å². The Morgan fingerprint density at radius 2 is 2.32 bits per heavy atom. The first-order chi connectivity index (χ1) is 9.11. The molecule has 0 saturated heterocycles. The lowest BCUT2D eigenvalue weighted by atomic mass is 10.1. The number of aryl methyl sites for hydroxylation is 1. The van der Waals surface area contributed by atoms with Gasteiger partial charge in [-0.1, -0.05) is 12.1 Å². The van der Waals surface area contributed by atoms with Crippen LogP contribution < -0.4 is 10.9 Å². The third kappa shape index (κ3) is 3.01. The van der Waals surface area contributed by atoms with Gasteiger partial charge in [0.15, 0.2) is 0 Å². The third-order valence-electron chi connectivity index (χ3n) is 2.62. The van der Waals surface area contributed by atoms with Gasteiger partial charge in [0.1, 0.15) is 4.47 Å². The highest BCUT2D eigenvalue weighted by atomic mass is 79.9. The molecule has 0 aliphatic heterocycles. The molecule has 1 N–H and O–H groups in total. The summed E-state index contributed by atoms with van der Waals surface area (Å²) in [5.74, 6) is 0. The van der Waals surface area contributed by atoms with Crippen molar-refractivity contribution in [2.24, 2.45) is 7.05 Å². The van der Waals surface area contributed by atoms with Crippen LogP contribution in [0.4, 0.5) is 5.69 Å². The van der Waals surface area contributed by atoms with E-state index in [9.17, 15) is 4.79 Å². The van der Waals surface area contributed by atoms with Crippen molar-refractivity contribution in [1.82, 2.24) is 9.78 Å². The van der Waals surface area contributed by atoms with E-state index in [0.717, 1.165) is 5.56 Å². The highest BCUT2D eigenvalue weighted by Crippen LogP contribution is 2.17. The normalized spacial score (nSPS) is 9.95. The number of hydrogen-bond acceptors (Lipinski definition) is 4. The largest absolute Gasteiger partial charge is 0.379 e. The second kappa shape index (κ2) is 5.67. The van der Waals surface area contributed by atoms with E-state index in [1.165, 1.54) is 4.68 Å². The van der Waals surface area contributed by atoms with Crippen LogP contribution in [0.15, 0.2) is 39.7 Å². The van der Waals surface area contributed by atoms with Crippen LogP contribution in [0.2, 0.25) is 0 Å². The van der Waals surface area contributed by atoms with E-state index in [2.05, 4.69) is 32.4 Å². The van der Waals surface area contributed by atoms with E-state index in [1.807, 2.05) is 12.1 Å². The van der Waals surface area contributed by atoms with Gasteiger partial charge in [-0.2, -0.15) is 10.4 Å². The Kier molecular flexibility index (Phi) is 3.97. The average molecular weight is 319 g/mol. The van der Waals surface area contributed by atoms with Crippen LogP contribution >= 0.6 is 15.9 Å². The van der Waals surface area contributed by atoms with Crippen LogP contribution in [0, 0.1) is 11.3 Å². The Morgan fingerprint density at radius 3 is 3.05 bits per heavy atom. The summed E-state index contributed by atoms with van der Waals surface area (Å²) in [5, 5.41) is 15.9. The number of nitriles is 1. The van der Waals surface area contributed by atoms with Crippen molar-refractivity contribution in [3.63, 3.8) is 0 Å². The summed E-state index contributed by atoms with van der Waals surface area (Å²) in [5.41, 5.74) is 2.01. The highest BCUT2D eigenvalue weighted by molar-refractivity contribution is 9.10. The van der Waals surface area contributed by atoms with Crippen LogP contribution in [-0.4, -0.2) is 9.78 Å². The first kappa shape index (κ1) is 13.3. The molecule has 1 aromatic heterocycles. The van der Waals surface area contributed by atoms with Gasteiger partial charge < -0.3 is 5.32 Å². The lowest BCUT2D eigenvalue weighted by Crippen LogP contribution is -2.21. The Labute approximate surface area is 118 Å². The molecule has 0 aliphatic carbocycles. The number of hydrogen-bond donors (Lipinski definition) is 1. The maximum atomic E-state index is 11.7. The fraction of sp³-hybridized carbons (Fsp3) is 0.154. The predicted octanol–water partition coefficient (Wildman–Crippen LogP) is 2.03. The Morgan fingerprint density at radius 1 is 1.53 bits per heavy atom. The summed E-state index contributed by atoms with van der Waals surface area (Å²) in [6.45, 7) is 0.517. The molecule has 5 nitrogen and oxygen atoms in total. The number of anilines is 1. The summed E-state index contributed by atoms with van der Waals surface area (Å²) in [7, 11) is 1.59. The molecule has 96 valence electrons. The first-order valence-corrected chi connectivity index (χ1v) is 6.36. The zero-order valence-electron chi connectivity index (χ0n) is 10.2. The number of halogens is 1. The molecule has 2 rings (SSSR count). The summed E-state index contributed by atoms with van der Waals surface area (Å²) in [6.07, 6.45) is 1.58. The van der Waals surface area contributed by atoms with Gasteiger partial charge in [-0.15, -0.1) is 0 Å². The fourth-order valence-corrected chi connectivity index (χ4v) is 2.08. The first-order valence-electron chi connectivity index (χ1n) is 5.56. The van der Waals surface area contributed by atoms with E-state index in [0.29, 0.717) is 22.3 Å². The van der Waals surface area contributed by atoms with E-state index in [4.69, 9.17) is 5.26 Å². The molecule has 0 unspecified atom stereocenters. The van der Waals surface area contributed by atoms with Crippen molar-refractivity contribution in [3.8, 4) is 6.07 Å². The van der Waals surface area contributed by atoms with E-state index in [-0.39, 0.29) is 5.56 Å². The lowest BCUT2D eigenvalue weighted by Gasteiger charge is -2.08. The summed E-state index contributed by atoms with van der Waals surface area (Å²) < 4.78 is 1.70. The molecule has 6 heteroatoms.